The van der Waals surface area contributed by atoms with E-state index in [2.05, 4.69) is 36.5 Å². The Balaban J connectivity index is 1.60. The highest BCUT2D eigenvalue weighted by atomic mass is 79.9. The van der Waals surface area contributed by atoms with Crippen molar-refractivity contribution in [1.82, 2.24) is 10.3 Å². The van der Waals surface area contributed by atoms with Crippen LogP contribution in [0, 0.1) is 0 Å². The minimum absolute atomic E-state index is 0.152. The van der Waals surface area contributed by atoms with E-state index in [9.17, 15) is 14.7 Å². The number of fused-ring (bicyclic) bond motifs is 1. The number of azo groups is 1. The van der Waals surface area contributed by atoms with E-state index in [1.54, 1.807) is 30.3 Å². The maximum Gasteiger partial charge on any atom is 0.283 e. The van der Waals surface area contributed by atoms with Gasteiger partial charge in [-0.05, 0) is 36.4 Å². The molecule has 3 N–H and O–H groups in total. The van der Waals surface area contributed by atoms with Crippen molar-refractivity contribution in [2.75, 3.05) is 6.54 Å². The van der Waals surface area contributed by atoms with Crippen LogP contribution >= 0.6 is 15.9 Å². The highest BCUT2D eigenvalue weighted by Crippen LogP contribution is 2.36. The molecule has 3 aromatic rings. The average Bonchev–Trinajstić information content (AvgIpc) is 3.23. The fourth-order valence-electron chi connectivity index (χ4n) is 2.14. The van der Waals surface area contributed by atoms with Crippen LogP contribution in [0.25, 0.3) is 17.0 Å². The number of furan rings is 1. The molecule has 0 spiro atoms. The van der Waals surface area contributed by atoms with Gasteiger partial charge in [0.2, 0.25) is 11.8 Å². The molecular formula is C17H13BrN4O4. The van der Waals surface area contributed by atoms with Gasteiger partial charge in [0.1, 0.15) is 12.3 Å². The van der Waals surface area contributed by atoms with Crippen LogP contribution < -0.4 is 5.32 Å². The summed E-state index contributed by atoms with van der Waals surface area (Å²) in [5.74, 6) is -0.801. The van der Waals surface area contributed by atoms with Crippen LogP contribution in [0.15, 0.2) is 61.8 Å². The Morgan fingerprint density at radius 1 is 1.35 bits per heavy atom. The number of carbonyl (C=O) groups is 2. The Kier molecular flexibility index (Phi) is 5.28. The number of H-pyrrole nitrogens is 1. The number of aromatic hydroxyl groups is 1. The molecule has 0 aliphatic carbocycles. The van der Waals surface area contributed by atoms with E-state index >= 15 is 0 Å². The van der Waals surface area contributed by atoms with Crippen molar-refractivity contribution in [3.05, 3.63) is 52.9 Å². The minimum Gasteiger partial charge on any atom is -0.493 e. The van der Waals surface area contributed by atoms with E-state index in [4.69, 9.17) is 4.42 Å². The lowest BCUT2D eigenvalue weighted by molar-refractivity contribution is -0.122. The molecule has 0 saturated heterocycles. The topological polar surface area (TPSA) is 120 Å². The van der Waals surface area contributed by atoms with Crippen LogP contribution in [-0.2, 0) is 9.59 Å². The number of hydrogen-bond donors (Lipinski definition) is 3. The third-order valence-corrected chi connectivity index (χ3v) is 3.82. The second-order valence-electron chi connectivity index (χ2n) is 5.17. The summed E-state index contributed by atoms with van der Waals surface area (Å²) in [5, 5.41) is 20.2. The Morgan fingerprint density at radius 3 is 2.96 bits per heavy atom. The largest absolute Gasteiger partial charge is 0.493 e. The van der Waals surface area contributed by atoms with E-state index in [1.807, 2.05) is 0 Å². The Labute approximate surface area is 155 Å². The van der Waals surface area contributed by atoms with Crippen LogP contribution in [-0.4, -0.2) is 28.4 Å². The first-order chi connectivity index (χ1) is 12.5. The SMILES string of the molecule is O=C(CNC(=O)C=Cc1ccco1)N=Nc1c(O)[nH]c2ccc(Br)cc12. The zero-order valence-corrected chi connectivity index (χ0v) is 14.9. The molecular weight excluding hydrogens is 404 g/mol. The fourth-order valence-corrected chi connectivity index (χ4v) is 2.50. The number of nitrogens with one attached hydrogen (secondary N) is 2. The van der Waals surface area contributed by atoms with Gasteiger partial charge in [-0.1, -0.05) is 15.9 Å². The van der Waals surface area contributed by atoms with Gasteiger partial charge in [-0.2, -0.15) is 0 Å². The van der Waals surface area contributed by atoms with Crippen LogP contribution in [0.1, 0.15) is 5.76 Å². The van der Waals surface area contributed by atoms with Gasteiger partial charge < -0.3 is 19.8 Å². The van der Waals surface area contributed by atoms with Crippen molar-refractivity contribution in [3.8, 4) is 5.88 Å². The normalized spacial score (nSPS) is 11.6. The second-order valence-corrected chi connectivity index (χ2v) is 6.09. The maximum absolute atomic E-state index is 11.8. The molecule has 8 nitrogen and oxygen atoms in total. The zero-order valence-electron chi connectivity index (χ0n) is 13.3. The molecule has 0 fully saturated rings. The summed E-state index contributed by atoms with van der Waals surface area (Å²) in [6.45, 7) is -0.322. The van der Waals surface area contributed by atoms with Gasteiger partial charge in [0, 0.05) is 15.9 Å². The maximum atomic E-state index is 11.8. The quantitative estimate of drug-likeness (QED) is 0.433. The number of benzene rings is 1. The molecule has 0 radical (unpaired) electrons. The summed E-state index contributed by atoms with van der Waals surface area (Å²) in [7, 11) is 0. The first-order valence-corrected chi connectivity index (χ1v) is 8.26. The number of hydrogen-bond acceptors (Lipinski definition) is 5. The first kappa shape index (κ1) is 17.6. The van der Waals surface area contributed by atoms with Gasteiger partial charge in [0.05, 0.1) is 11.8 Å². The molecule has 0 atom stereocenters. The van der Waals surface area contributed by atoms with Gasteiger partial charge in [-0.15, -0.1) is 10.2 Å². The molecule has 2 heterocycles. The smallest absolute Gasteiger partial charge is 0.283 e. The van der Waals surface area contributed by atoms with Crippen molar-refractivity contribution < 1.29 is 19.1 Å². The van der Waals surface area contributed by atoms with Gasteiger partial charge in [-0.3, -0.25) is 9.59 Å². The summed E-state index contributed by atoms with van der Waals surface area (Å²) in [6, 6.07) is 8.68. The zero-order chi connectivity index (χ0) is 18.5. The Hall–Kier alpha value is -3.20. The number of rotatable bonds is 5. The molecule has 9 heteroatoms. The minimum atomic E-state index is -0.659. The van der Waals surface area contributed by atoms with Crippen molar-refractivity contribution in [3.63, 3.8) is 0 Å². The van der Waals surface area contributed by atoms with Gasteiger partial charge in [0.25, 0.3) is 5.91 Å². The van der Waals surface area contributed by atoms with Crippen LogP contribution in [0.5, 0.6) is 5.88 Å². The van der Waals surface area contributed by atoms with E-state index in [1.165, 1.54) is 18.4 Å². The predicted molar refractivity (Wildman–Crippen MR) is 97.9 cm³/mol. The third-order valence-electron chi connectivity index (χ3n) is 3.33. The Bertz CT molecular complexity index is 1010. The Morgan fingerprint density at radius 2 is 2.19 bits per heavy atom. The molecule has 0 aliphatic heterocycles. The molecule has 0 unspecified atom stereocenters. The number of aromatic amines is 1. The standard InChI is InChI=1S/C17H13BrN4O4/c18-10-3-5-13-12(8-10)16(17(25)20-13)22-21-15(24)9-19-14(23)6-4-11-2-1-7-26-11/h1-8,20,25H,9H2,(H,19,23). The number of nitrogens with zero attached hydrogens (tertiary/aromatic N) is 2. The predicted octanol–water partition coefficient (Wildman–Crippen LogP) is 3.67. The molecule has 132 valence electrons. The lowest BCUT2D eigenvalue weighted by Crippen LogP contribution is -2.26. The van der Waals surface area contributed by atoms with Crippen molar-refractivity contribution in [1.29, 1.82) is 0 Å². The molecule has 26 heavy (non-hydrogen) atoms. The van der Waals surface area contributed by atoms with E-state index in [-0.39, 0.29) is 18.1 Å². The summed E-state index contributed by atoms with van der Waals surface area (Å²) < 4.78 is 5.84. The van der Waals surface area contributed by atoms with Crippen LogP contribution in [0.4, 0.5) is 5.69 Å². The lowest BCUT2D eigenvalue weighted by atomic mass is 10.2. The molecule has 2 amide bonds. The summed E-state index contributed by atoms with van der Waals surface area (Å²) in [4.78, 5) is 26.1. The summed E-state index contributed by atoms with van der Waals surface area (Å²) >= 11 is 3.33. The molecule has 0 bridgehead atoms. The average molecular weight is 417 g/mol. The van der Waals surface area contributed by atoms with Crippen molar-refractivity contribution in [2.45, 2.75) is 0 Å². The number of amides is 2. The van der Waals surface area contributed by atoms with Crippen LogP contribution in [0.3, 0.4) is 0 Å². The summed E-state index contributed by atoms with van der Waals surface area (Å²) in [5.41, 5.74) is 0.808. The summed E-state index contributed by atoms with van der Waals surface area (Å²) in [6.07, 6.45) is 4.20. The molecule has 0 saturated carbocycles. The lowest BCUT2D eigenvalue weighted by Gasteiger charge is -1.97. The van der Waals surface area contributed by atoms with Crippen molar-refractivity contribution >= 4 is 50.4 Å². The number of halogens is 1. The number of aromatic nitrogens is 1. The van der Waals surface area contributed by atoms with Gasteiger partial charge in [-0.25, -0.2) is 0 Å². The highest BCUT2D eigenvalue weighted by Gasteiger charge is 2.11. The van der Waals surface area contributed by atoms with E-state index in [0.29, 0.717) is 16.7 Å². The second kappa shape index (κ2) is 7.79. The van der Waals surface area contributed by atoms with Gasteiger partial charge in [0.15, 0.2) is 5.69 Å². The monoisotopic (exact) mass is 416 g/mol. The molecule has 0 aliphatic rings. The number of carbonyl (C=O) groups excluding carboxylic acids is 2. The van der Waals surface area contributed by atoms with Crippen molar-refractivity contribution in [2.24, 2.45) is 10.2 Å². The molecule has 1 aromatic carbocycles. The molecule has 3 rings (SSSR count). The van der Waals surface area contributed by atoms with Crippen LogP contribution in [0.2, 0.25) is 0 Å². The fraction of sp³-hybridized carbons (Fsp3) is 0.0588. The third kappa shape index (κ3) is 4.25. The highest BCUT2D eigenvalue weighted by molar-refractivity contribution is 9.10. The molecule has 2 aromatic heterocycles. The first-order valence-electron chi connectivity index (χ1n) is 7.47. The van der Waals surface area contributed by atoms with E-state index in [0.717, 1.165) is 4.47 Å². The van der Waals surface area contributed by atoms with E-state index < -0.39 is 11.8 Å². The van der Waals surface area contributed by atoms with Gasteiger partial charge >= 0.3 is 0 Å².